The molecule has 4 aliphatic rings. The first kappa shape index (κ1) is 44.4. The van der Waals surface area contributed by atoms with Gasteiger partial charge in [-0.05, 0) is 35.4 Å². The van der Waals surface area contributed by atoms with Crippen LogP contribution in [0.25, 0.3) is 6.08 Å². The number of aliphatic carboxylic acids is 3. The van der Waals surface area contributed by atoms with E-state index in [9.17, 15) is 70.2 Å². The molecular formula is C39H42N2O20. The van der Waals surface area contributed by atoms with Gasteiger partial charge in [-0.1, -0.05) is 17.9 Å². The minimum Gasteiger partial charge on any atom is -0.870 e. The highest BCUT2D eigenvalue weighted by molar-refractivity contribution is 5.90. The summed E-state index contributed by atoms with van der Waals surface area (Å²) < 4.78 is 34.1. The Hall–Kier alpha value is -6.11. The number of phenols is 1. The number of carboxylic acids is 3. The first-order valence-electron chi connectivity index (χ1n) is 18.4. The first-order valence-corrected chi connectivity index (χ1v) is 18.4. The predicted octanol–water partition coefficient (Wildman–Crippen LogP) is -2.55. The third-order valence-corrected chi connectivity index (χ3v) is 10.3. The number of benzene rings is 2. The van der Waals surface area contributed by atoms with Gasteiger partial charge in [-0.25, -0.2) is 19.2 Å². The number of aliphatic hydroxyl groups excluding tert-OH is 4. The fraction of sp³-hybridized carbons (Fsp3) is 0.410. The van der Waals surface area contributed by atoms with Crippen LogP contribution >= 0.6 is 0 Å². The monoisotopic (exact) mass is 858 g/mol. The van der Waals surface area contributed by atoms with Gasteiger partial charge >= 0.3 is 23.9 Å². The van der Waals surface area contributed by atoms with Crippen LogP contribution in [0, 0.1) is 0 Å². The number of aromatic hydroxyl groups is 1. The van der Waals surface area contributed by atoms with E-state index in [4.69, 9.17) is 28.4 Å². The summed E-state index contributed by atoms with van der Waals surface area (Å²) in [5.74, 6) is -6.21. The minimum atomic E-state index is -2.25. The second-order valence-electron chi connectivity index (χ2n) is 14.4. The molecule has 2 aromatic rings. The van der Waals surface area contributed by atoms with E-state index in [2.05, 4.69) is 5.32 Å². The zero-order valence-electron chi connectivity index (χ0n) is 32.0. The summed E-state index contributed by atoms with van der Waals surface area (Å²) in [4.78, 5) is 48.0. The van der Waals surface area contributed by atoms with E-state index in [0.717, 1.165) is 12.1 Å². The highest BCUT2D eigenvalue weighted by Crippen LogP contribution is 2.41. The first-order chi connectivity index (χ1) is 28.9. The lowest BCUT2D eigenvalue weighted by Crippen LogP contribution is -2.62. The van der Waals surface area contributed by atoms with Crippen LogP contribution in [0.2, 0.25) is 0 Å². The number of nitrogens with one attached hydrogen (secondary N) is 1. The SMILES string of the molecule is COc1cc(/C=C/C(=O)OCC2(O)COC(OC3C(Oc4cc5c(cc4O)[N+](=C/C=C4/C=C(C(=O)O)NC(C(=O)O)C4)C(C(=O)O)C5)OC(CO)C(O)C3O)C2O)ccc1[O-]. The van der Waals surface area contributed by atoms with Crippen LogP contribution in [-0.4, -0.2) is 168 Å². The van der Waals surface area contributed by atoms with Crippen LogP contribution in [0.15, 0.2) is 59.8 Å². The molecule has 0 spiro atoms. The summed E-state index contributed by atoms with van der Waals surface area (Å²) in [5.41, 5.74) is -1.47. The molecule has 0 radical (unpaired) electrons. The summed E-state index contributed by atoms with van der Waals surface area (Å²) >= 11 is 0. The number of allylic oxidation sites excluding steroid dienone is 2. The molecule has 6 rings (SSSR count). The third kappa shape index (κ3) is 9.61. The Balaban J connectivity index is 1.18. The van der Waals surface area contributed by atoms with Crippen molar-refractivity contribution in [3.8, 4) is 23.0 Å². The lowest BCUT2D eigenvalue weighted by Gasteiger charge is -2.42. The molecular weight excluding hydrogens is 816 g/mol. The number of phenolic OH excluding ortho intramolecular Hbond substituents is 1. The number of aliphatic hydroxyl groups is 5. The Morgan fingerprint density at radius 1 is 1.02 bits per heavy atom. The molecule has 0 amide bonds. The Labute approximate surface area is 344 Å². The molecule has 22 heteroatoms. The highest BCUT2D eigenvalue weighted by Gasteiger charge is 2.54. The molecule has 4 heterocycles. The number of fused-ring (bicyclic) bond motifs is 1. The largest absolute Gasteiger partial charge is 0.870 e. The molecule has 61 heavy (non-hydrogen) atoms. The van der Waals surface area contributed by atoms with E-state index in [-0.39, 0.29) is 47.0 Å². The zero-order chi connectivity index (χ0) is 44.3. The van der Waals surface area contributed by atoms with Gasteiger partial charge in [-0.2, -0.15) is 4.58 Å². The van der Waals surface area contributed by atoms with E-state index in [0.29, 0.717) is 11.1 Å². The Morgan fingerprint density at radius 2 is 1.77 bits per heavy atom. The molecule has 2 aromatic carbocycles. The second kappa shape index (κ2) is 18.2. The normalized spacial score (nSPS) is 31.0. The van der Waals surface area contributed by atoms with Crippen LogP contribution < -0.4 is 19.9 Å². The summed E-state index contributed by atoms with van der Waals surface area (Å²) in [6, 6.07) is 3.95. The second-order valence-corrected chi connectivity index (χ2v) is 14.4. The topological polar surface area (TPSA) is 344 Å². The molecule has 22 nitrogen and oxygen atoms in total. The number of hydrogen-bond acceptors (Lipinski definition) is 18. The lowest BCUT2D eigenvalue weighted by molar-refractivity contribution is -0.456. The average Bonchev–Trinajstić information content (AvgIpc) is 3.73. The summed E-state index contributed by atoms with van der Waals surface area (Å²) in [5, 5.41) is 108. The molecule has 0 saturated carbocycles. The number of rotatable bonds is 14. The van der Waals surface area contributed by atoms with E-state index >= 15 is 0 Å². The molecule has 10 unspecified atom stereocenters. The van der Waals surface area contributed by atoms with E-state index < -0.39 is 110 Å². The van der Waals surface area contributed by atoms with Crippen molar-refractivity contribution in [1.29, 1.82) is 0 Å². The van der Waals surface area contributed by atoms with E-state index in [1.807, 2.05) is 0 Å². The predicted molar refractivity (Wildman–Crippen MR) is 199 cm³/mol. The minimum absolute atomic E-state index is 0.0444. The van der Waals surface area contributed by atoms with Crippen LogP contribution in [0.3, 0.4) is 0 Å². The maximum Gasteiger partial charge on any atom is 0.373 e. The summed E-state index contributed by atoms with van der Waals surface area (Å²) in [6.07, 6.45) is -6.52. The molecule has 0 bridgehead atoms. The van der Waals surface area contributed by atoms with Crippen molar-refractivity contribution in [2.75, 3.05) is 26.9 Å². The number of esters is 1. The van der Waals surface area contributed by atoms with Crippen LogP contribution in [0.5, 0.6) is 23.0 Å². The number of ether oxygens (including phenoxy) is 6. The van der Waals surface area contributed by atoms with Gasteiger partial charge in [0.15, 0.2) is 35.7 Å². The van der Waals surface area contributed by atoms with Gasteiger partial charge in [0.2, 0.25) is 12.0 Å². The summed E-state index contributed by atoms with van der Waals surface area (Å²) in [6.45, 7) is -2.28. The number of carboxylic acid groups (broad SMARTS) is 3. The van der Waals surface area contributed by atoms with Gasteiger partial charge in [-0.15, -0.1) is 0 Å². The molecule has 10 atom stereocenters. The van der Waals surface area contributed by atoms with Gasteiger partial charge in [0.25, 0.3) is 6.04 Å². The number of methoxy groups -OCH3 is 1. The Kier molecular flexibility index (Phi) is 13.3. The zero-order valence-corrected chi connectivity index (χ0v) is 32.0. The Morgan fingerprint density at radius 3 is 2.44 bits per heavy atom. The fourth-order valence-corrected chi connectivity index (χ4v) is 6.96. The van der Waals surface area contributed by atoms with Crippen LogP contribution in [-0.2, 0) is 44.5 Å². The number of carbonyl (C=O) groups excluding carboxylic acids is 1. The van der Waals surface area contributed by atoms with Gasteiger partial charge in [-0.3, -0.25) is 0 Å². The van der Waals surface area contributed by atoms with Crippen LogP contribution in [0.1, 0.15) is 17.5 Å². The van der Waals surface area contributed by atoms with E-state index in [1.54, 1.807) is 0 Å². The number of nitrogens with zero attached hydrogens (tertiary/aromatic N) is 1. The van der Waals surface area contributed by atoms with Crippen molar-refractivity contribution in [3.05, 3.63) is 71.0 Å². The maximum atomic E-state index is 12.4. The van der Waals surface area contributed by atoms with Crippen molar-refractivity contribution in [3.63, 3.8) is 0 Å². The fourth-order valence-electron chi connectivity index (χ4n) is 6.96. The van der Waals surface area contributed by atoms with Crippen molar-refractivity contribution < 1.29 is 103 Å². The van der Waals surface area contributed by atoms with Crippen LogP contribution in [0.4, 0.5) is 5.69 Å². The molecule has 0 aliphatic carbocycles. The van der Waals surface area contributed by atoms with Gasteiger partial charge in [0, 0.05) is 24.1 Å². The van der Waals surface area contributed by atoms with Crippen molar-refractivity contribution in [2.24, 2.45) is 0 Å². The summed E-state index contributed by atoms with van der Waals surface area (Å²) in [7, 11) is 1.31. The smallest absolute Gasteiger partial charge is 0.373 e. The molecule has 2 saturated heterocycles. The maximum absolute atomic E-state index is 12.4. The highest BCUT2D eigenvalue weighted by atomic mass is 16.8. The molecule has 10 N–H and O–H groups in total. The lowest BCUT2D eigenvalue weighted by atomic mass is 9.98. The molecule has 2 fully saturated rings. The van der Waals surface area contributed by atoms with Crippen molar-refractivity contribution >= 4 is 41.9 Å². The average molecular weight is 859 g/mol. The standard InChI is InChI=1S/C39H42N2O20/c1-56-26-10-17(2-4-24(26)43)3-5-29(45)57-15-39(55)16-58-38(33(39)48)61-32-31(47)30(46)28(14-42)60-37(32)59-27-12-19-11-23(36(53)54)41(22(19)13-25(27)44)7-6-18-8-20(34(49)50)40-21(9-18)35(51)52/h2-8,10,12-13,21,23,28,30-33,37-38,42,46-48,55H,9,11,14-16H2,1H3,(H5,43,44,45,49,50,51,52,53,54). The molecule has 0 aromatic heterocycles. The Bertz CT molecular complexity index is 2170. The van der Waals surface area contributed by atoms with Gasteiger partial charge in [0.05, 0.1) is 32.8 Å². The van der Waals surface area contributed by atoms with E-state index in [1.165, 1.54) is 60.4 Å². The van der Waals surface area contributed by atoms with Crippen molar-refractivity contribution in [2.45, 2.75) is 73.6 Å². The number of hydrogen-bond donors (Lipinski definition) is 10. The van der Waals surface area contributed by atoms with Gasteiger partial charge < -0.3 is 84.8 Å². The molecule has 4 aliphatic heterocycles. The quantitative estimate of drug-likeness (QED) is 0.0531. The van der Waals surface area contributed by atoms with Gasteiger partial charge in [0.1, 0.15) is 48.5 Å². The molecule has 328 valence electrons. The van der Waals surface area contributed by atoms with Crippen molar-refractivity contribution in [1.82, 2.24) is 5.32 Å². The third-order valence-electron chi connectivity index (χ3n) is 10.3. The number of carbonyl (C=O) groups is 4.